The molecule has 0 radical (unpaired) electrons. The van der Waals surface area contributed by atoms with Crippen molar-refractivity contribution in [2.45, 2.75) is 45.2 Å². The molecule has 0 saturated carbocycles. The van der Waals surface area contributed by atoms with Crippen LogP contribution in [0.2, 0.25) is 0 Å². The fraction of sp³-hybridized carbons (Fsp3) is 0.812. The molecule has 2 aliphatic rings. The lowest BCUT2D eigenvalue weighted by molar-refractivity contribution is 0.0772. The van der Waals surface area contributed by atoms with Gasteiger partial charge in [0.1, 0.15) is 0 Å². The summed E-state index contributed by atoms with van der Waals surface area (Å²) in [5, 5.41) is 11.7. The zero-order valence-corrected chi connectivity index (χ0v) is 14.2. The normalized spacial score (nSPS) is 22.9. The smallest absolute Gasteiger partial charge is 0.276 e. The molecule has 7 heteroatoms. The second-order valence-corrected chi connectivity index (χ2v) is 6.48. The van der Waals surface area contributed by atoms with Crippen LogP contribution in [0.5, 0.6) is 0 Å². The number of amides is 1. The first-order chi connectivity index (χ1) is 11.2. The molecule has 0 bridgehead atoms. The van der Waals surface area contributed by atoms with Crippen LogP contribution >= 0.6 is 0 Å². The van der Waals surface area contributed by atoms with E-state index in [0.717, 1.165) is 58.5 Å². The highest BCUT2D eigenvalue weighted by molar-refractivity contribution is 5.92. The molecule has 0 spiro atoms. The van der Waals surface area contributed by atoms with E-state index in [1.165, 1.54) is 0 Å². The summed E-state index contributed by atoms with van der Waals surface area (Å²) in [6, 6.07) is 0.848. The monoisotopic (exact) mass is 320 g/mol. The molecule has 2 aliphatic heterocycles. The fourth-order valence-corrected chi connectivity index (χ4v) is 3.75. The van der Waals surface area contributed by atoms with Crippen LogP contribution in [0, 0.1) is 0 Å². The highest BCUT2D eigenvalue weighted by atomic mass is 16.2. The molecule has 3 heterocycles. The van der Waals surface area contributed by atoms with Crippen molar-refractivity contribution in [2.75, 3.05) is 39.3 Å². The highest BCUT2D eigenvalue weighted by Gasteiger charge is 2.31. The second kappa shape index (κ2) is 7.40. The van der Waals surface area contributed by atoms with Crippen LogP contribution in [0.15, 0.2) is 6.20 Å². The van der Waals surface area contributed by atoms with E-state index in [1.807, 2.05) is 15.8 Å². The van der Waals surface area contributed by atoms with Crippen molar-refractivity contribution in [1.29, 1.82) is 0 Å². The Bertz CT molecular complexity index is 520. The summed E-state index contributed by atoms with van der Waals surface area (Å²) < 4.78 is 1.88. The number of rotatable bonds is 5. The Kier molecular flexibility index (Phi) is 5.27. The number of hydrogen-bond acceptors (Lipinski definition) is 5. The van der Waals surface area contributed by atoms with Gasteiger partial charge in [0.15, 0.2) is 5.69 Å². The Balaban J connectivity index is 1.61. The van der Waals surface area contributed by atoms with Crippen molar-refractivity contribution in [1.82, 2.24) is 30.1 Å². The van der Waals surface area contributed by atoms with Crippen LogP contribution in [0.1, 0.15) is 49.6 Å². The van der Waals surface area contributed by atoms with Crippen LogP contribution in [0.25, 0.3) is 0 Å². The topological polar surface area (TPSA) is 66.3 Å². The molecule has 0 aromatic carbocycles. The minimum absolute atomic E-state index is 0.0276. The van der Waals surface area contributed by atoms with Gasteiger partial charge < -0.3 is 10.2 Å². The van der Waals surface area contributed by atoms with E-state index in [2.05, 4.69) is 34.4 Å². The summed E-state index contributed by atoms with van der Waals surface area (Å²) in [4.78, 5) is 17.0. The lowest BCUT2D eigenvalue weighted by atomic mass is 10.1. The van der Waals surface area contributed by atoms with Gasteiger partial charge in [-0.25, -0.2) is 4.68 Å². The van der Waals surface area contributed by atoms with Gasteiger partial charge in [0.05, 0.1) is 12.2 Å². The Morgan fingerprint density at radius 2 is 2.04 bits per heavy atom. The van der Waals surface area contributed by atoms with Gasteiger partial charge >= 0.3 is 0 Å². The number of nitrogens with zero attached hydrogens (tertiary/aromatic N) is 5. The molecule has 1 aromatic heterocycles. The zero-order chi connectivity index (χ0) is 16.2. The first kappa shape index (κ1) is 16.4. The number of nitrogens with one attached hydrogen (secondary N) is 1. The quantitative estimate of drug-likeness (QED) is 0.867. The number of likely N-dealkylation sites (N-methyl/N-ethyl adjacent to an activating group) is 1. The van der Waals surface area contributed by atoms with E-state index in [1.54, 1.807) is 0 Å². The average molecular weight is 320 g/mol. The Labute approximate surface area is 138 Å². The molecule has 0 aliphatic carbocycles. The van der Waals surface area contributed by atoms with Crippen molar-refractivity contribution in [2.24, 2.45) is 0 Å². The number of carbonyl (C=O) groups is 1. The third-order valence-corrected chi connectivity index (χ3v) is 5.19. The number of carbonyl (C=O) groups excluding carboxylic acids is 1. The summed E-state index contributed by atoms with van der Waals surface area (Å²) in [6.07, 6.45) is 4.98. The molecule has 3 rings (SSSR count). The maximum atomic E-state index is 12.7. The maximum Gasteiger partial charge on any atom is 0.276 e. The molecule has 7 nitrogen and oxygen atoms in total. The Hall–Kier alpha value is -1.47. The van der Waals surface area contributed by atoms with E-state index >= 15 is 0 Å². The number of hydrogen-bond donors (Lipinski definition) is 1. The van der Waals surface area contributed by atoms with Gasteiger partial charge in [0, 0.05) is 19.1 Å². The van der Waals surface area contributed by atoms with Gasteiger partial charge in [0.2, 0.25) is 0 Å². The second-order valence-electron chi connectivity index (χ2n) is 6.48. The molecule has 2 saturated heterocycles. The van der Waals surface area contributed by atoms with Gasteiger partial charge in [-0.15, -0.1) is 5.10 Å². The third-order valence-electron chi connectivity index (χ3n) is 5.19. The van der Waals surface area contributed by atoms with E-state index in [9.17, 15) is 4.79 Å². The standard InChI is InChI=1S/C16H28N6O/c1-3-20(4-2)14-7-10-21(11-14)16(23)15-12-22(19-18-15)13-5-8-17-9-6-13/h12-14,17H,3-11H2,1-2H3. The van der Waals surface area contributed by atoms with Crippen molar-refractivity contribution < 1.29 is 4.79 Å². The lowest BCUT2D eigenvalue weighted by Crippen LogP contribution is -2.38. The lowest BCUT2D eigenvalue weighted by Gasteiger charge is -2.25. The maximum absolute atomic E-state index is 12.7. The Morgan fingerprint density at radius 1 is 1.30 bits per heavy atom. The van der Waals surface area contributed by atoms with Crippen LogP contribution in [0.3, 0.4) is 0 Å². The largest absolute Gasteiger partial charge is 0.336 e. The van der Waals surface area contributed by atoms with Crippen molar-refractivity contribution in [3.63, 3.8) is 0 Å². The fourth-order valence-electron chi connectivity index (χ4n) is 3.75. The SMILES string of the molecule is CCN(CC)C1CCN(C(=O)c2cn(C3CCNCC3)nn2)C1. The van der Waals surface area contributed by atoms with Crippen molar-refractivity contribution in [3.05, 3.63) is 11.9 Å². The summed E-state index contributed by atoms with van der Waals surface area (Å²) >= 11 is 0. The Morgan fingerprint density at radius 3 is 2.74 bits per heavy atom. The number of likely N-dealkylation sites (tertiary alicyclic amines) is 1. The van der Waals surface area contributed by atoms with Gasteiger partial charge in [-0.05, 0) is 45.4 Å². The molecular weight excluding hydrogens is 292 g/mol. The van der Waals surface area contributed by atoms with Crippen LogP contribution in [-0.4, -0.2) is 76.0 Å². The highest BCUT2D eigenvalue weighted by Crippen LogP contribution is 2.20. The molecule has 128 valence electrons. The van der Waals surface area contributed by atoms with Gasteiger partial charge in [-0.2, -0.15) is 0 Å². The molecule has 1 atom stereocenters. The predicted octanol–water partition coefficient (Wildman–Crippen LogP) is 0.759. The van der Waals surface area contributed by atoms with Crippen molar-refractivity contribution in [3.8, 4) is 0 Å². The summed E-state index contributed by atoms with van der Waals surface area (Å²) in [6.45, 7) is 10.1. The van der Waals surface area contributed by atoms with Gasteiger partial charge in [-0.1, -0.05) is 19.1 Å². The van der Waals surface area contributed by atoms with Gasteiger partial charge in [-0.3, -0.25) is 9.69 Å². The summed E-state index contributed by atoms with van der Waals surface area (Å²) in [5.41, 5.74) is 0.490. The summed E-state index contributed by atoms with van der Waals surface area (Å²) in [7, 11) is 0. The number of piperidine rings is 1. The van der Waals surface area contributed by atoms with E-state index < -0.39 is 0 Å². The minimum Gasteiger partial charge on any atom is -0.336 e. The first-order valence-electron chi connectivity index (χ1n) is 8.88. The molecule has 23 heavy (non-hydrogen) atoms. The summed E-state index contributed by atoms with van der Waals surface area (Å²) in [5.74, 6) is 0.0276. The minimum atomic E-state index is 0.0276. The van der Waals surface area contributed by atoms with Gasteiger partial charge in [0.25, 0.3) is 5.91 Å². The first-order valence-corrected chi connectivity index (χ1v) is 8.88. The molecule has 2 fully saturated rings. The third kappa shape index (κ3) is 3.55. The van der Waals surface area contributed by atoms with E-state index in [-0.39, 0.29) is 5.91 Å². The van der Waals surface area contributed by atoms with Crippen molar-refractivity contribution >= 4 is 5.91 Å². The molecule has 1 unspecified atom stereocenters. The van der Waals surface area contributed by atoms with Crippen LogP contribution in [-0.2, 0) is 0 Å². The van der Waals surface area contributed by atoms with Crippen LogP contribution in [0.4, 0.5) is 0 Å². The number of aromatic nitrogens is 3. The zero-order valence-electron chi connectivity index (χ0n) is 14.2. The molecule has 1 aromatic rings. The van der Waals surface area contributed by atoms with Crippen LogP contribution < -0.4 is 5.32 Å². The van der Waals surface area contributed by atoms with E-state index in [4.69, 9.17) is 0 Å². The molecule has 1 N–H and O–H groups in total. The average Bonchev–Trinajstić information content (AvgIpc) is 3.26. The predicted molar refractivity (Wildman–Crippen MR) is 88.4 cm³/mol. The van der Waals surface area contributed by atoms with E-state index in [0.29, 0.717) is 17.8 Å². The molecular formula is C16H28N6O. The molecule has 1 amide bonds.